The van der Waals surface area contributed by atoms with Crippen molar-refractivity contribution in [2.45, 2.75) is 45.2 Å². The van der Waals surface area contributed by atoms with Gasteiger partial charge < -0.3 is 0 Å². The van der Waals surface area contributed by atoms with Crippen LogP contribution in [0.25, 0.3) is 0 Å². The molecule has 0 aliphatic carbocycles. The molecule has 0 atom stereocenters. The Kier molecular flexibility index (Phi) is 4.69. The highest BCUT2D eigenvalue weighted by atomic mass is 32.2. The van der Waals surface area contributed by atoms with E-state index in [1.807, 2.05) is 18.3 Å². The molecule has 0 bridgehead atoms. The molecule has 3 heterocycles. The summed E-state index contributed by atoms with van der Waals surface area (Å²) in [4.78, 5) is 4.09. The molecule has 1 saturated heterocycles. The zero-order chi connectivity index (χ0) is 14.9. The molecule has 1 fully saturated rings. The summed E-state index contributed by atoms with van der Waals surface area (Å²) in [5.41, 5.74) is 1.48. The van der Waals surface area contributed by atoms with Crippen LogP contribution in [0.5, 0.6) is 0 Å². The van der Waals surface area contributed by atoms with Crippen LogP contribution in [0.1, 0.15) is 36.6 Å². The first-order chi connectivity index (χ1) is 10.1. The second-order valence-electron chi connectivity index (χ2n) is 6.04. The molecule has 0 saturated carbocycles. The molecule has 0 N–H and O–H groups in total. The lowest BCUT2D eigenvalue weighted by molar-refractivity contribution is 0.127. The lowest BCUT2D eigenvalue weighted by Crippen LogP contribution is -2.48. The van der Waals surface area contributed by atoms with Crippen LogP contribution < -0.4 is 0 Å². The van der Waals surface area contributed by atoms with E-state index in [9.17, 15) is 8.42 Å². The molecule has 0 radical (unpaired) electrons. The Balaban J connectivity index is 1.57. The van der Waals surface area contributed by atoms with Gasteiger partial charge in [-0.15, -0.1) is 11.3 Å². The molecular weight excluding hydrogens is 304 g/mol. The van der Waals surface area contributed by atoms with Gasteiger partial charge in [-0.1, -0.05) is 6.92 Å². The van der Waals surface area contributed by atoms with Gasteiger partial charge in [0.2, 0.25) is 10.0 Å². The first-order valence-electron chi connectivity index (χ1n) is 7.87. The molecule has 6 heteroatoms. The largest absolute Gasteiger partial charge is 0.296 e. The van der Waals surface area contributed by atoms with Crippen molar-refractivity contribution in [1.82, 2.24) is 9.21 Å². The summed E-state index contributed by atoms with van der Waals surface area (Å²) in [6, 6.07) is 2.79. The van der Waals surface area contributed by atoms with Crippen molar-refractivity contribution >= 4 is 21.4 Å². The minimum absolute atomic E-state index is 0.291. The summed E-state index contributed by atoms with van der Waals surface area (Å²) in [6.45, 7) is 5.49. The standard InChI is InChI=1S/C15H24N2O2S2/c1-2-11-21(18,19)17-8-3-14(4-9-17)16-7-5-15-13(12-16)6-10-20-15/h6,10,14H,2-5,7-9,11-12H2,1H3. The summed E-state index contributed by atoms with van der Waals surface area (Å²) in [5.74, 6) is 0.291. The van der Waals surface area contributed by atoms with E-state index in [0.717, 1.165) is 32.4 Å². The van der Waals surface area contributed by atoms with Crippen LogP contribution in [-0.2, 0) is 23.0 Å². The van der Waals surface area contributed by atoms with Crippen LogP contribution in [-0.4, -0.2) is 49.1 Å². The lowest BCUT2D eigenvalue weighted by Gasteiger charge is -2.39. The summed E-state index contributed by atoms with van der Waals surface area (Å²) >= 11 is 1.87. The van der Waals surface area contributed by atoms with Crippen LogP contribution in [0.2, 0.25) is 0 Å². The fraction of sp³-hybridized carbons (Fsp3) is 0.733. The van der Waals surface area contributed by atoms with E-state index in [2.05, 4.69) is 16.3 Å². The van der Waals surface area contributed by atoms with E-state index in [0.29, 0.717) is 31.3 Å². The van der Waals surface area contributed by atoms with E-state index < -0.39 is 10.0 Å². The Hall–Kier alpha value is -0.430. The summed E-state index contributed by atoms with van der Waals surface area (Å²) in [6.07, 6.45) is 3.81. The normalized spacial score (nSPS) is 22.3. The summed E-state index contributed by atoms with van der Waals surface area (Å²) < 4.78 is 25.9. The summed E-state index contributed by atoms with van der Waals surface area (Å²) in [7, 11) is -3.01. The quantitative estimate of drug-likeness (QED) is 0.851. The maximum atomic E-state index is 12.1. The van der Waals surface area contributed by atoms with Gasteiger partial charge in [0, 0.05) is 37.1 Å². The van der Waals surface area contributed by atoms with Crippen molar-refractivity contribution in [3.05, 3.63) is 21.9 Å². The van der Waals surface area contributed by atoms with Crippen LogP contribution in [0, 0.1) is 0 Å². The Morgan fingerprint density at radius 3 is 2.76 bits per heavy atom. The molecule has 0 aromatic carbocycles. The Bertz CT molecular complexity index is 574. The van der Waals surface area contributed by atoms with Crippen LogP contribution in [0.4, 0.5) is 0 Å². The zero-order valence-corrected chi connectivity index (χ0v) is 14.3. The molecule has 2 aliphatic rings. The molecular formula is C15H24N2O2S2. The molecule has 1 aromatic heterocycles. The van der Waals surface area contributed by atoms with Gasteiger partial charge in [-0.2, -0.15) is 0 Å². The van der Waals surface area contributed by atoms with E-state index in [-0.39, 0.29) is 0 Å². The van der Waals surface area contributed by atoms with Gasteiger partial charge in [0.1, 0.15) is 0 Å². The number of fused-ring (bicyclic) bond motifs is 1. The number of rotatable bonds is 4. The third-order valence-corrected chi connectivity index (χ3v) is 7.73. The number of hydrogen-bond acceptors (Lipinski definition) is 4. The topological polar surface area (TPSA) is 40.6 Å². The minimum Gasteiger partial charge on any atom is -0.296 e. The maximum Gasteiger partial charge on any atom is 0.214 e. The Morgan fingerprint density at radius 2 is 2.05 bits per heavy atom. The molecule has 2 aliphatic heterocycles. The highest BCUT2D eigenvalue weighted by Crippen LogP contribution is 2.28. The molecule has 0 spiro atoms. The fourth-order valence-corrected chi connectivity index (χ4v) is 5.89. The molecule has 118 valence electrons. The number of sulfonamides is 1. The molecule has 21 heavy (non-hydrogen) atoms. The Morgan fingerprint density at radius 1 is 1.29 bits per heavy atom. The highest BCUT2D eigenvalue weighted by molar-refractivity contribution is 7.89. The molecule has 3 rings (SSSR count). The monoisotopic (exact) mass is 328 g/mol. The number of piperidine rings is 1. The first-order valence-corrected chi connectivity index (χ1v) is 10.4. The lowest BCUT2D eigenvalue weighted by atomic mass is 10.0. The summed E-state index contributed by atoms with van der Waals surface area (Å²) in [5, 5.41) is 2.19. The second kappa shape index (κ2) is 6.36. The number of hydrogen-bond donors (Lipinski definition) is 0. The van der Waals surface area contributed by atoms with E-state index in [1.165, 1.54) is 10.4 Å². The predicted octanol–water partition coefficient (Wildman–Crippen LogP) is 2.31. The molecule has 1 aromatic rings. The van der Waals surface area contributed by atoms with Gasteiger partial charge in [0.15, 0.2) is 0 Å². The van der Waals surface area contributed by atoms with Gasteiger partial charge >= 0.3 is 0 Å². The van der Waals surface area contributed by atoms with Gasteiger partial charge in [-0.05, 0) is 42.7 Å². The van der Waals surface area contributed by atoms with Crippen molar-refractivity contribution in [2.75, 3.05) is 25.4 Å². The predicted molar refractivity (Wildman–Crippen MR) is 87.1 cm³/mol. The third kappa shape index (κ3) is 3.33. The molecule has 0 unspecified atom stereocenters. The van der Waals surface area contributed by atoms with Crippen molar-refractivity contribution < 1.29 is 8.42 Å². The van der Waals surface area contributed by atoms with Gasteiger partial charge in [0.05, 0.1) is 5.75 Å². The van der Waals surface area contributed by atoms with E-state index in [1.54, 1.807) is 4.31 Å². The smallest absolute Gasteiger partial charge is 0.214 e. The third-order valence-electron chi connectivity index (χ3n) is 4.63. The first kappa shape index (κ1) is 15.5. The van der Waals surface area contributed by atoms with Crippen molar-refractivity contribution in [3.8, 4) is 0 Å². The van der Waals surface area contributed by atoms with Crippen LogP contribution >= 0.6 is 11.3 Å². The average Bonchev–Trinajstić information content (AvgIpc) is 2.94. The molecule has 0 amide bonds. The van der Waals surface area contributed by atoms with Gasteiger partial charge in [-0.25, -0.2) is 12.7 Å². The second-order valence-corrected chi connectivity index (χ2v) is 9.12. The number of thiophene rings is 1. The van der Waals surface area contributed by atoms with Crippen molar-refractivity contribution in [1.29, 1.82) is 0 Å². The Labute approximate surface area is 131 Å². The minimum atomic E-state index is -3.01. The van der Waals surface area contributed by atoms with Crippen LogP contribution in [0.3, 0.4) is 0 Å². The average molecular weight is 329 g/mol. The van der Waals surface area contributed by atoms with Crippen molar-refractivity contribution in [3.63, 3.8) is 0 Å². The fourth-order valence-electron chi connectivity index (χ4n) is 3.45. The highest BCUT2D eigenvalue weighted by Gasteiger charge is 2.31. The van der Waals surface area contributed by atoms with Gasteiger partial charge in [-0.3, -0.25) is 4.90 Å². The molecule has 4 nitrogen and oxygen atoms in total. The number of nitrogens with zero attached hydrogens (tertiary/aromatic N) is 2. The van der Waals surface area contributed by atoms with Crippen molar-refractivity contribution in [2.24, 2.45) is 0 Å². The van der Waals surface area contributed by atoms with E-state index >= 15 is 0 Å². The maximum absolute atomic E-state index is 12.1. The van der Waals surface area contributed by atoms with E-state index in [4.69, 9.17) is 0 Å². The van der Waals surface area contributed by atoms with Crippen LogP contribution in [0.15, 0.2) is 11.4 Å². The SMILES string of the molecule is CCCS(=O)(=O)N1CCC(N2CCc3sccc3C2)CC1. The van der Waals surface area contributed by atoms with Gasteiger partial charge in [0.25, 0.3) is 0 Å². The zero-order valence-electron chi connectivity index (χ0n) is 12.6.